The maximum absolute atomic E-state index is 10.6. The number of ether oxygens (including phenoxy) is 1. The number of aliphatic hydroxyl groups is 1. The van der Waals surface area contributed by atoms with Crippen LogP contribution in [0.15, 0.2) is 22.8 Å². The van der Waals surface area contributed by atoms with Gasteiger partial charge in [-0.25, -0.2) is 0 Å². The lowest BCUT2D eigenvalue weighted by Gasteiger charge is -2.36. The summed E-state index contributed by atoms with van der Waals surface area (Å²) in [5, 5.41) is 13.9. The summed E-state index contributed by atoms with van der Waals surface area (Å²) in [6.45, 7) is 3.39. The molecule has 2 rings (SSSR count). The van der Waals surface area contributed by atoms with E-state index in [-0.39, 0.29) is 6.04 Å². The molecule has 0 radical (unpaired) electrons. The molecular formula is C15H25NO3. The molecule has 0 bridgehead atoms. The van der Waals surface area contributed by atoms with E-state index in [2.05, 4.69) is 12.2 Å². The molecule has 0 saturated heterocycles. The molecular weight excluding hydrogens is 242 g/mol. The molecule has 4 heteroatoms. The summed E-state index contributed by atoms with van der Waals surface area (Å²) in [6, 6.07) is 3.81. The molecule has 0 aliphatic heterocycles. The minimum atomic E-state index is -0.578. The van der Waals surface area contributed by atoms with Crippen molar-refractivity contribution in [1.82, 2.24) is 5.32 Å². The fourth-order valence-electron chi connectivity index (χ4n) is 2.69. The van der Waals surface area contributed by atoms with Gasteiger partial charge in [-0.3, -0.25) is 0 Å². The molecule has 1 aromatic heterocycles. The second kappa shape index (κ2) is 6.55. The van der Waals surface area contributed by atoms with Crippen molar-refractivity contribution in [3.63, 3.8) is 0 Å². The summed E-state index contributed by atoms with van der Waals surface area (Å²) in [5.41, 5.74) is -0.578. The summed E-state index contributed by atoms with van der Waals surface area (Å²) >= 11 is 0. The predicted molar refractivity (Wildman–Crippen MR) is 73.9 cm³/mol. The van der Waals surface area contributed by atoms with Crippen molar-refractivity contribution in [2.75, 3.05) is 20.3 Å². The lowest BCUT2D eigenvalue weighted by atomic mass is 9.79. The lowest BCUT2D eigenvalue weighted by Crippen LogP contribution is -2.45. The highest BCUT2D eigenvalue weighted by atomic mass is 16.5. The van der Waals surface area contributed by atoms with Crippen LogP contribution in [0.2, 0.25) is 0 Å². The average molecular weight is 267 g/mol. The zero-order valence-electron chi connectivity index (χ0n) is 11.9. The molecule has 1 heterocycles. The fraction of sp³-hybridized carbons (Fsp3) is 0.733. The fourth-order valence-corrected chi connectivity index (χ4v) is 2.69. The Balaban J connectivity index is 1.88. The number of hydrogen-bond donors (Lipinski definition) is 2. The largest absolute Gasteiger partial charge is 0.468 e. The summed E-state index contributed by atoms with van der Waals surface area (Å²) in [5.74, 6) is 1.59. The Bertz CT molecular complexity index is 355. The van der Waals surface area contributed by atoms with Crippen LogP contribution >= 0.6 is 0 Å². The lowest BCUT2D eigenvalue weighted by molar-refractivity contribution is -0.0110. The molecule has 1 atom stereocenters. The van der Waals surface area contributed by atoms with E-state index in [9.17, 15) is 5.11 Å². The van der Waals surface area contributed by atoms with Gasteiger partial charge in [0.15, 0.2) is 0 Å². The Morgan fingerprint density at radius 2 is 2.26 bits per heavy atom. The van der Waals surface area contributed by atoms with Gasteiger partial charge in [0.1, 0.15) is 5.76 Å². The third-order valence-corrected chi connectivity index (χ3v) is 4.10. The standard InChI is InChI=1S/C15H25NO3/c1-12-5-7-15(17,8-6-12)11-16-13(10-18-2)14-4-3-9-19-14/h3-4,9,12-13,16-17H,5-8,10-11H2,1-2H3/t12?,13-,15?/m1/s1. The maximum atomic E-state index is 10.6. The summed E-state index contributed by atoms with van der Waals surface area (Å²) < 4.78 is 10.6. The van der Waals surface area contributed by atoms with Gasteiger partial charge in [0.05, 0.1) is 24.5 Å². The first-order valence-electron chi connectivity index (χ1n) is 7.11. The molecule has 19 heavy (non-hydrogen) atoms. The molecule has 1 saturated carbocycles. The highest BCUT2D eigenvalue weighted by Crippen LogP contribution is 2.31. The third kappa shape index (κ3) is 4.06. The molecule has 1 fully saturated rings. The summed E-state index contributed by atoms with van der Waals surface area (Å²) in [4.78, 5) is 0. The zero-order chi connectivity index (χ0) is 13.7. The van der Waals surface area contributed by atoms with E-state index < -0.39 is 5.60 Å². The van der Waals surface area contributed by atoms with Crippen molar-refractivity contribution in [2.45, 2.75) is 44.2 Å². The Morgan fingerprint density at radius 3 is 2.84 bits per heavy atom. The van der Waals surface area contributed by atoms with Gasteiger partial charge in [0.2, 0.25) is 0 Å². The third-order valence-electron chi connectivity index (χ3n) is 4.10. The van der Waals surface area contributed by atoms with Crippen LogP contribution in [0, 0.1) is 5.92 Å². The smallest absolute Gasteiger partial charge is 0.123 e. The normalized spacial score (nSPS) is 29.3. The van der Waals surface area contributed by atoms with Gasteiger partial charge in [-0.1, -0.05) is 6.92 Å². The quantitative estimate of drug-likeness (QED) is 0.831. The highest BCUT2D eigenvalue weighted by molar-refractivity contribution is 5.05. The monoisotopic (exact) mass is 267 g/mol. The van der Waals surface area contributed by atoms with Crippen LogP contribution in [-0.4, -0.2) is 31.0 Å². The van der Waals surface area contributed by atoms with Gasteiger partial charge in [0.25, 0.3) is 0 Å². The second-order valence-corrected chi connectivity index (χ2v) is 5.81. The molecule has 0 spiro atoms. The van der Waals surface area contributed by atoms with E-state index in [0.29, 0.717) is 13.2 Å². The second-order valence-electron chi connectivity index (χ2n) is 5.81. The van der Waals surface area contributed by atoms with E-state index in [1.165, 1.54) is 0 Å². The van der Waals surface area contributed by atoms with Gasteiger partial charge in [-0.2, -0.15) is 0 Å². The van der Waals surface area contributed by atoms with Crippen LogP contribution in [0.3, 0.4) is 0 Å². The molecule has 1 aliphatic carbocycles. The van der Waals surface area contributed by atoms with Crippen molar-refractivity contribution >= 4 is 0 Å². The Labute approximate surface area is 115 Å². The van der Waals surface area contributed by atoms with Gasteiger partial charge < -0.3 is 19.6 Å². The van der Waals surface area contributed by atoms with Gasteiger partial charge in [-0.15, -0.1) is 0 Å². The van der Waals surface area contributed by atoms with Crippen LogP contribution in [0.5, 0.6) is 0 Å². The van der Waals surface area contributed by atoms with Crippen LogP contribution in [-0.2, 0) is 4.74 Å². The van der Waals surface area contributed by atoms with Crippen molar-refractivity contribution in [2.24, 2.45) is 5.92 Å². The van der Waals surface area contributed by atoms with Gasteiger partial charge in [0, 0.05) is 13.7 Å². The van der Waals surface area contributed by atoms with Gasteiger partial charge >= 0.3 is 0 Å². The van der Waals surface area contributed by atoms with E-state index in [1.807, 2.05) is 12.1 Å². The van der Waals surface area contributed by atoms with E-state index >= 15 is 0 Å². The molecule has 4 nitrogen and oxygen atoms in total. The molecule has 0 unspecified atom stereocenters. The van der Waals surface area contributed by atoms with E-state index in [0.717, 1.165) is 37.4 Å². The first-order chi connectivity index (χ1) is 9.13. The van der Waals surface area contributed by atoms with Crippen LogP contribution in [0.4, 0.5) is 0 Å². The number of furan rings is 1. The molecule has 108 valence electrons. The number of hydrogen-bond acceptors (Lipinski definition) is 4. The number of nitrogens with one attached hydrogen (secondary N) is 1. The Morgan fingerprint density at radius 1 is 1.53 bits per heavy atom. The highest BCUT2D eigenvalue weighted by Gasteiger charge is 2.32. The molecule has 2 N–H and O–H groups in total. The Hall–Kier alpha value is -0.840. The van der Waals surface area contributed by atoms with Crippen molar-refractivity contribution in [3.8, 4) is 0 Å². The SMILES string of the molecule is COC[C@@H](NCC1(O)CCC(C)CC1)c1ccco1. The van der Waals surface area contributed by atoms with Crippen LogP contribution in [0.25, 0.3) is 0 Å². The first-order valence-corrected chi connectivity index (χ1v) is 7.11. The molecule has 1 aliphatic rings. The van der Waals surface area contributed by atoms with Gasteiger partial charge in [-0.05, 0) is 43.7 Å². The molecule has 0 amide bonds. The minimum absolute atomic E-state index is 0.00312. The summed E-state index contributed by atoms with van der Waals surface area (Å²) in [7, 11) is 1.68. The van der Waals surface area contributed by atoms with E-state index in [4.69, 9.17) is 9.15 Å². The van der Waals surface area contributed by atoms with Crippen molar-refractivity contribution < 1.29 is 14.3 Å². The first kappa shape index (κ1) is 14.6. The van der Waals surface area contributed by atoms with Crippen LogP contribution in [0.1, 0.15) is 44.4 Å². The van der Waals surface area contributed by atoms with Crippen molar-refractivity contribution in [1.29, 1.82) is 0 Å². The van der Waals surface area contributed by atoms with E-state index in [1.54, 1.807) is 13.4 Å². The molecule has 0 aromatic carbocycles. The topological polar surface area (TPSA) is 54.6 Å². The zero-order valence-corrected chi connectivity index (χ0v) is 11.9. The predicted octanol–water partition coefficient (Wildman–Crippen LogP) is 2.50. The number of rotatable bonds is 6. The summed E-state index contributed by atoms with van der Waals surface area (Å²) in [6.07, 6.45) is 5.62. The Kier molecular flexibility index (Phi) is 5.02. The molecule has 1 aromatic rings. The minimum Gasteiger partial charge on any atom is -0.468 e. The number of methoxy groups -OCH3 is 1. The average Bonchev–Trinajstić information content (AvgIpc) is 2.92. The van der Waals surface area contributed by atoms with Crippen LogP contribution < -0.4 is 5.32 Å². The maximum Gasteiger partial charge on any atom is 0.123 e. The van der Waals surface area contributed by atoms with Crippen molar-refractivity contribution in [3.05, 3.63) is 24.2 Å².